The zero-order chi connectivity index (χ0) is 15.4. The predicted octanol–water partition coefficient (Wildman–Crippen LogP) is 0.450. The Hall–Kier alpha value is -2.21. The fraction of sp³-hybridized carbons (Fsp3) is 0.400. The van der Waals surface area contributed by atoms with Crippen molar-refractivity contribution < 1.29 is 9.90 Å². The Labute approximate surface area is 122 Å². The summed E-state index contributed by atoms with van der Waals surface area (Å²) in [7, 11) is 0. The number of amides is 1. The lowest BCUT2D eigenvalue weighted by atomic mass is 10.1. The molecule has 2 rings (SSSR count). The van der Waals surface area contributed by atoms with E-state index in [4.69, 9.17) is 5.11 Å². The number of aliphatic hydroxyl groups is 1. The molecule has 0 saturated carbocycles. The molecule has 6 nitrogen and oxygen atoms in total. The Bertz CT molecular complexity index is 709. The van der Waals surface area contributed by atoms with Crippen molar-refractivity contribution in [3.63, 3.8) is 0 Å². The smallest absolute Gasteiger partial charge is 0.261 e. The summed E-state index contributed by atoms with van der Waals surface area (Å²) in [5.41, 5.74) is 1.36. The normalized spacial score (nSPS) is 12.3. The Balaban J connectivity index is 2.18. The van der Waals surface area contributed by atoms with Gasteiger partial charge in [-0.15, -0.1) is 0 Å². The van der Waals surface area contributed by atoms with Crippen LogP contribution in [0.2, 0.25) is 0 Å². The highest BCUT2D eigenvalue weighted by molar-refractivity contribution is 5.81. The van der Waals surface area contributed by atoms with Crippen molar-refractivity contribution in [2.24, 2.45) is 5.92 Å². The van der Waals surface area contributed by atoms with Crippen molar-refractivity contribution in [3.05, 3.63) is 40.4 Å². The van der Waals surface area contributed by atoms with E-state index < -0.39 is 0 Å². The number of carbonyl (C=O) groups is 1. The predicted molar refractivity (Wildman–Crippen MR) is 80.0 cm³/mol. The lowest BCUT2D eigenvalue weighted by molar-refractivity contribution is -0.121. The van der Waals surface area contributed by atoms with Crippen molar-refractivity contribution in [3.8, 4) is 0 Å². The van der Waals surface area contributed by atoms with Gasteiger partial charge in [0, 0.05) is 13.2 Å². The highest BCUT2D eigenvalue weighted by Crippen LogP contribution is 2.10. The molecule has 0 aliphatic heterocycles. The van der Waals surface area contributed by atoms with Crippen molar-refractivity contribution in [2.45, 2.75) is 20.4 Å². The number of fused-ring (bicyclic) bond motifs is 1. The average molecular weight is 289 g/mol. The van der Waals surface area contributed by atoms with Crippen molar-refractivity contribution in [1.82, 2.24) is 14.9 Å². The summed E-state index contributed by atoms with van der Waals surface area (Å²) in [6.45, 7) is 4.03. The number of aryl methyl sites for hydroxylation is 1. The van der Waals surface area contributed by atoms with Crippen LogP contribution in [0.25, 0.3) is 10.9 Å². The first-order chi connectivity index (χ1) is 10.0. The third kappa shape index (κ3) is 3.46. The molecule has 1 aromatic carbocycles. The van der Waals surface area contributed by atoms with Gasteiger partial charge in [-0.2, -0.15) is 0 Å². The Morgan fingerprint density at radius 3 is 2.95 bits per heavy atom. The van der Waals surface area contributed by atoms with Crippen LogP contribution in [0.4, 0.5) is 0 Å². The quantitative estimate of drug-likeness (QED) is 0.837. The summed E-state index contributed by atoms with van der Waals surface area (Å²) in [4.78, 5) is 28.4. The van der Waals surface area contributed by atoms with E-state index in [0.717, 1.165) is 5.56 Å². The van der Waals surface area contributed by atoms with Gasteiger partial charge in [0.2, 0.25) is 5.91 Å². The van der Waals surface area contributed by atoms with E-state index in [2.05, 4.69) is 10.3 Å². The minimum atomic E-state index is -0.272. The summed E-state index contributed by atoms with van der Waals surface area (Å²) in [6, 6.07) is 5.40. The molecule has 1 atom stereocenters. The molecule has 112 valence electrons. The van der Waals surface area contributed by atoms with Crippen LogP contribution < -0.4 is 10.9 Å². The maximum atomic E-state index is 12.3. The molecule has 0 radical (unpaired) electrons. The van der Waals surface area contributed by atoms with E-state index >= 15 is 0 Å². The fourth-order valence-electron chi connectivity index (χ4n) is 2.01. The summed E-state index contributed by atoms with van der Waals surface area (Å²) in [5, 5.41) is 12.1. The molecule has 0 spiro atoms. The van der Waals surface area contributed by atoms with Gasteiger partial charge in [0.1, 0.15) is 6.54 Å². The summed E-state index contributed by atoms with van der Waals surface area (Å²) >= 11 is 0. The number of hydrogen-bond donors (Lipinski definition) is 2. The fourth-order valence-corrected chi connectivity index (χ4v) is 2.01. The van der Waals surface area contributed by atoms with Crippen molar-refractivity contribution in [2.75, 3.05) is 13.2 Å². The van der Waals surface area contributed by atoms with E-state index in [9.17, 15) is 9.59 Å². The van der Waals surface area contributed by atoms with Crippen LogP contribution in [-0.2, 0) is 11.3 Å². The van der Waals surface area contributed by atoms with Crippen LogP contribution >= 0.6 is 0 Å². The van der Waals surface area contributed by atoms with E-state index in [1.807, 2.05) is 19.9 Å². The van der Waals surface area contributed by atoms with E-state index in [-0.39, 0.29) is 30.5 Å². The van der Waals surface area contributed by atoms with E-state index in [0.29, 0.717) is 17.4 Å². The van der Waals surface area contributed by atoms with Crippen LogP contribution in [-0.4, -0.2) is 33.7 Å². The van der Waals surface area contributed by atoms with Gasteiger partial charge in [-0.1, -0.05) is 19.1 Å². The van der Waals surface area contributed by atoms with Gasteiger partial charge in [-0.25, -0.2) is 4.98 Å². The molecule has 2 N–H and O–H groups in total. The summed E-state index contributed by atoms with van der Waals surface area (Å²) < 4.78 is 1.29. The number of rotatable bonds is 5. The maximum absolute atomic E-state index is 12.3. The third-order valence-corrected chi connectivity index (χ3v) is 3.33. The molecule has 2 aromatic rings. The molecule has 0 fully saturated rings. The second kappa shape index (κ2) is 6.49. The van der Waals surface area contributed by atoms with Crippen LogP contribution in [0.15, 0.2) is 29.3 Å². The van der Waals surface area contributed by atoms with Gasteiger partial charge in [-0.3, -0.25) is 14.2 Å². The first kappa shape index (κ1) is 15.2. The highest BCUT2D eigenvalue weighted by Gasteiger charge is 2.10. The number of hydrogen-bond acceptors (Lipinski definition) is 4. The van der Waals surface area contributed by atoms with Crippen LogP contribution in [0.5, 0.6) is 0 Å². The van der Waals surface area contributed by atoms with Crippen LogP contribution in [0.1, 0.15) is 12.5 Å². The highest BCUT2D eigenvalue weighted by atomic mass is 16.3. The number of para-hydroxylation sites is 1. The van der Waals surface area contributed by atoms with E-state index in [1.165, 1.54) is 10.9 Å². The van der Waals surface area contributed by atoms with Crippen molar-refractivity contribution >= 4 is 16.8 Å². The van der Waals surface area contributed by atoms with Gasteiger partial charge in [0.25, 0.3) is 5.56 Å². The molecule has 1 heterocycles. The maximum Gasteiger partial charge on any atom is 0.261 e. The second-order valence-electron chi connectivity index (χ2n) is 5.24. The monoisotopic (exact) mass is 289 g/mol. The average Bonchev–Trinajstić information content (AvgIpc) is 2.48. The molecule has 1 unspecified atom stereocenters. The topological polar surface area (TPSA) is 84.2 Å². The lowest BCUT2D eigenvalue weighted by Gasteiger charge is -2.11. The molecule has 0 bridgehead atoms. The first-order valence-electron chi connectivity index (χ1n) is 6.85. The Kier molecular flexibility index (Phi) is 4.70. The number of nitrogens with one attached hydrogen (secondary N) is 1. The molecule has 0 aliphatic rings. The first-order valence-corrected chi connectivity index (χ1v) is 6.85. The lowest BCUT2D eigenvalue weighted by Crippen LogP contribution is -2.35. The van der Waals surface area contributed by atoms with E-state index in [1.54, 1.807) is 12.1 Å². The van der Waals surface area contributed by atoms with Crippen LogP contribution in [0, 0.1) is 12.8 Å². The van der Waals surface area contributed by atoms with Gasteiger partial charge >= 0.3 is 0 Å². The molecule has 1 aromatic heterocycles. The molecule has 21 heavy (non-hydrogen) atoms. The number of benzene rings is 1. The third-order valence-electron chi connectivity index (χ3n) is 3.33. The van der Waals surface area contributed by atoms with Crippen LogP contribution in [0.3, 0.4) is 0 Å². The molecule has 0 saturated heterocycles. The largest absolute Gasteiger partial charge is 0.396 e. The SMILES string of the molecule is Cc1cccc2c(=O)n(CC(=O)NCC(C)CO)cnc12. The minimum Gasteiger partial charge on any atom is -0.396 e. The molecule has 0 aliphatic carbocycles. The number of carbonyl (C=O) groups excluding carboxylic acids is 1. The van der Waals surface area contributed by atoms with Gasteiger partial charge in [-0.05, 0) is 24.5 Å². The van der Waals surface area contributed by atoms with Gasteiger partial charge < -0.3 is 10.4 Å². The molecule has 1 amide bonds. The Morgan fingerprint density at radius 1 is 1.48 bits per heavy atom. The molecule has 6 heteroatoms. The Morgan fingerprint density at radius 2 is 2.24 bits per heavy atom. The number of aliphatic hydroxyl groups excluding tert-OH is 1. The van der Waals surface area contributed by atoms with Crippen molar-refractivity contribution in [1.29, 1.82) is 0 Å². The van der Waals surface area contributed by atoms with Gasteiger partial charge in [0.15, 0.2) is 0 Å². The molecular formula is C15H19N3O3. The van der Waals surface area contributed by atoms with Gasteiger partial charge in [0.05, 0.1) is 17.2 Å². The molecular weight excluding hydrogens is 270 g/mol. The zero-order valence-corrected chi connectivity index (χ0v) is 12.2. The minimum absolute atomic E-state index is 0.0109. The summed E-state index contributed by atoms with van der Waals surface area (Å²) in [5.74, 6) is -0.283. The number of aromatic nitrogens is 2. The summed E-state index contributed by atoms with van der Waals surface area (Å²) in [6.07, 6.45) is 1.40. The number of nitrogens with zero attached hydrogens (tertiary/aromatic N) is 2. The second-order valence-corrected chi connectivity index (χ2v) is 5.24. The standard InChI is InChI=1S/C15H19N3O3/c1-10(8-19)6-16-13(20)7-18-9-17-14-11(2)4-3-5-12(14)15(18)21/h3-5,9-10,19H,6-8H2,1-2H3,(H,16,20). The zero-order valence-electron chi connectivity index (χ0n) is 12.2.